The van der Waals surface area contributed by atoms with Gasteiger partial charge in [0, 0.05) is 19.6 Å². The SMILES string of the molecule is O=C(O)CCNC(=O)C1CCCN1C(=O)C1CCCN1C(=O)C(S)C1CCCCC1. The van der Waals surface area contributed by atoms with E-state index in [-0.39, 0.29) is 41.9 Å². The molecule has 3 aliphatic rings. The van der Waals surface area contributed by atoms with Gasteiger partial charge >= 0.3 is 5.97 Å². The number of thiol groups is 1. The monoisotopic (exact) mass is 439 g/mol. The standard InChI is InChI=1S/C21H33N3O5S/c25-17(26)10-11-22-19(27)15-8-4-12-23(15)20(28)16-9-5-13-24(16)21(29)18(30)14-6-2-1-3-7-14/h14-16,18,30H,1-13H2,(H,22,27)(H,25,26). The molecule has 3 unspecified atom stereocenters. The molecule has 2 N–H and O–H groups in total. The van der Waals surface area contributed by atoms with Crippen LogP contribution >= 0.6 is 12.6 Å². The molecule has 0 aromatic carbocycles. The van der Waals surface area contributed by atoms with Crippen molar-refractivity contribution >= 4 is 36.3 Å². The number of carbonyl (C=O) groups is 4. The lowest BCUT2D eigenvalue weighted by molar-refractivity contribution is -0.146. The van der Waals surface area contributed by atoms with Gasteiger partial charge in [0.15, 0.2) is 0 Å². The van der Waals surface area contributed by atoms with Crippen LogP contribution in [-0.2, 0) is 19.2 Å². The quantitative estimate of drug-likeness (QED) is 0.521. The first-order valence-corrected chi connectivity index (χ1v) is 11.7. The summed E-state index contributed by atoms with van der Waals surface area (Å²) in [5.41, 5.74) is 0. The average Bonchev–Trinajstić information content (AvgIpc) is 3.42. The number of carbonyl (C=O) groups excluding carboxylic acids is 3. The first kappa shape index (κ1) is 22.9. The number of carboxylic acids is 1. The minimum absolute atomic E-state index is 0.0451. The van der Waals surface area contributed by atoms with Crippen LogP contribution in [0.1, 0.15) is 64.2 Å². The van der Waals surface area contributed by atoms with E-state index in [9.17, 15) is 19.2 Å². The first-order chi connectivity index (χ1) is 14.4. The van der Waals surface area contributed by atoms with E-state index in [1.807, 2.05) is 0 Å². The minimum atomic E-state index is -0.978. The molecule has 2 heterocycles. The summed E-state index contributed by atoms with van der Waals surface area (Å²) in [6, 6.07) is -1.11. The number of carboxylic acid groups (broad SMARTS) is 1. The summed E-state index contributed by atoms with van der Waals surface area (Å²) in [6.45, 7) is 1.09. The number of amides is 3. The Morgan fingerprint density at radius 1 is 0.900 bits per heavy atom. The van der Waals surface area contributed by atoms with Crippen molar-refractivity contribution in [2.45, 2.75) is 81.5 Å². The third-order valence-electron chi connectivity index (χ3n) is 6.65. The van der Waals surface area contributed by atoms with Crippen molar-refractivity contribution < 1.29 is 24.3 Å². The number of nitrogens with one attached hydrogen (secondary N) is 1. The summed E-state index contributed by atoms with van der Waals surface area (Å²) in [7, 11) is 0. The molecule has 2 aliphatic heterocycles. The number of hydrogen-bond acceptors (Lipinski definition) is 5. The van der Waals surface area contributed by atoms with Gasteiger partial charge in [-0.3, -0.25) is 19.2 Å². The summed E-state index contributed by atoms with van der Waals surface area (Å²) < 4.78 is 0. The Balaban J connectivity index is 1.61. The van der Waals surface area contributed by atoms with Gasteiger partial charge in [0.1, 0.15) is 12.1 Å². The van der Waals surface area contributed by atoms with Crippen LogP contribution in [0.15, 0.2) is 0 Å². The fourth-order valence-electron chi connectivity index (χ4n) is 5.01. The highest BCUT2D eigenvalue weighted by molar-refractivity contribution is 7.81. The zero-order valence-corrected chi connectivity index (χ0v) is 18.3. The second-order valence-corrected chi connectivity index (χ2v) is 9.21. The molecule has 0 bridgehead atoms. The Bertz CT molecular complexity index is 667. The molecule has 0 aromatic rings. The largest absolute Gasteiger partial charge is 0.481 e. The van der Waals surface area contributed by atoms with Gasteiger partial charge in [-0.1, -0.05) is 19.3 Å². The molecular weight excluding hydrogens is 406 g/mol. The highest BCUT2D eigenvalue weighted by Crippen LogP contribution is 2.32. The zero-order chi connectivity index (χ0) is 21.7. The molecule has 3 fully saturated rings. The lowest BCUT2D eigenvalue weighted by atomic mass is 9.86. The van der Waals surface area contributed by atoms with E-state index in [1.54, 1.807) is 9.80 Å². The van der Waals surface area contributed by atoms with Crippen molar-refractivity contribution in [3.05, 3.63) is 0 Å². The van der Waals surface area contributed by atoms with Crippen LogP contribution in [0, 0.1) is 5.92 Å². The lowest BCUT2D eigenvalue weighted by Gasteiger charge is -2.34. The van der Waals surface area contributed by atoms with Crippen molar-refractivity contribution in [1.82, 2.24) is 15.1 Å². The van der Waals surface area contributed by atoms with Gasteiger partial charge in [-0.2, -0.15) is 12.6 Å². The van der Waals surface area contributed by atoms with Crippen LogP contribution in [0.3, 0.4) is 0 Å². The summed E-state index contributed by atoms with van der Waals surface area (Å²) in [6.07, 6.45) is 8.00. The summed E-state index contributed by atoms with van der Waals surface area (Å²) in [5.74, 6) is -1.24. The topological polar surface area (TPSA) is 107 Å². The zero-order valence-electron chi connectivity index (χ0n) is 17.4. The first-order valence-electron chi connectivity index (χ1n) is 11.2. The molecule has 30 heavy (non-hydrogen) atoms. The van der Waals surface area contributed by atoms with Crippen molar-refractivity contribution in [3.8, 4) is 0 Å². The fourth-order valence-corrected chi connectivity index (χ4v) is 5.46. The van der Waals surface area contributed by atoms with Gasteiger partial charge < -0.3 is 20.2 Å². The molecule has 0 spiro atoms. The maximum absolute atomic E-state index is 13.3. The second-order valence-electron chi connectivity index (χ2n) is 8.66. The third-order valence-corrected chi connectivity index (χ3v) is 7.29. The number of rotatable bonds is 7. The molecule has 3 rings (SSSR count). The molecule has 1 aliphatic carbocycles. The molecule has 3 atom stereocenters. The van der Waals surface area contributed by atoms with Crippen LogP contribution in [0.5, 0.6) is 0 Å². The van der Waals surface area contributed by atoms with Crippen molar-refractivity contribution in [2.75, 3.05) is 19.6 Å². The summed E-state index contributed by atoms with van der Waals surface area (Å²) in [5, 5.41) is 11.0. The molecule has 9 heteroatoms. The Morgan fingerprint density at radius 3 is 2.20 bits per heavy atom. The smallest absolute Gasteiger partial charge is 0.305 e. The van der Waals surface area contributed by atoms with Crippen molar-refractivity contribution in [3.63, 3.8) is 0 Å². The fraction of sp³-hybridized carbons (Fsp3) is 0.810. The average molecular weight is 440 g/mol. The minimum Gasteiger partial charge on any atom is -0.481 e. The number of hydrogen-bond donors (Lipinski definition) is 3. The van der Waals surface area contributed by atoms with Crippen molar-refractivity contribution in [2.24, 2.45) is 5.92 Å². The van der Waals surface area contributed by atoms with E-state index in [2.05, 4.69) is 17.9 Å². The molecule has 3 amide bonds. The van der Waals surface area contributed by atoms with Gasteiger partial charge in [0.25, 0.3) is 0 Å². The van der Waals surface area contributed by atoms with Crippen LogP contribution in [0.2, 0.25) is 0 Å². The number of aliphatic carboxylic acids is 1. The van der Waals surface area contributed by atoms with Crippen LogP contribution in [-0.4, -0.2) is 75.6 Å². The highest BCUT2D eigenvalue weighted by atomic mass is 32.1. The van der Waals surface area contributed by atoms with Gasteiger partial charge in [-0.25, -0.2) is 0 Å². The number of likely N-dealkylation sites (tertiary alicyclic amines) is 2. The molecule has 0 radical (unpaired) electrons. The Hall–Kier alpha value is -1.77. The Kier molecular flexibility index (Phi) is 8.02. The maximum Gasteiger partial charge on any atom is 0.305 e. The van der Waals surface area contributed by atoms with Gasteiger partial charge in [0.2, 0.25) is 17.7 Å². The molecule has 1 saturated carbocycles. The summed E-state index contributed by atoms with van der Waals surface area (Å²) in [4.78, 5) is 52.9. The Labute approximate surface area is 183 Å². The second kappa shape index (κ2) is 10.5. The highest BCUT2D eigenvalue weighted by Gasteiger charge is 2.43. The van der Waals surface area contributed by atoms with Crippen LogP contribution in [0.4, 0.5) is 0 Å². The van der Waals surface area contributed by atoms with E-state index in [0.29, 0.717) is 25.9 Å². The molecule has 0 aromatic heterocycles. The van der Waals surface area contributed by atoms with Crippen LogP contribution < -0.4 is 5.32 Å². The number of nitrogens with zero attached hydrogens (tertiary/aromatic N) is 2. The van der Waals surface area contributed by atoms with E-state index in [0.717, 1.165) is 38.5 Å². The van der Waals surface area contributed by atoms with E-state index < -0.39 is 18.1 Å². The molecule has 168 valence electrons. The third kappa shape index (κ3) is 5.28. The predicted octanol–water partition coefficient (Wildman–Crippen LogP) is 1.44. The van der Waals surface area contributed by atoms with E-state index in [1.165, 1.54) is 6.42 Å². The van der Waals surface area contributed by atoms with Gasteiger partial charge in [-0.05, 0) is 44.4 Å². The van der Waals surface area contributed by atoms with Crippen molar-refractivity contribution in [1.29, 1.82) is 0 Å². The Morgan fingerprint density at radius 2 is 1.53 bits per heavy atom. The molecular formula is C21H33N3O5S. The van der Waals surface area contributed by atoms with Crippen LogP contribution in [0.25, 0.3) is 0 Å². The van der Waals surface area contributed by atoms with E-state index in [4.69, 9.17) is 5.11 Å². The molecule has 2 saturated heterocycles. The normalized spacial score (nSPS) is 25.9. The maximum atomic E-state index is 13.3. The van der Waals surface area contributed by atoms with E-state index >= 15 is 0 Å². The summed E-state index contributed by atoms with van der Waals surface area (Å²) >= 11 is 4.64. The lowest BCUT2D eigenvalue weighted by Crippen LogP contribution is -2.54. The predicted molar refractivity (Wildman–Crippen MR) is 114 cm³/mol. The van der Waals surface area contributed by atoms with Gasteiger partial charge in [0.05, 0.1) is 11.7 Å². The van der Waals surface area contributed by atoms with Gasteiger partial charge in [-0.15, -0.1) is 0 Å². The molecule has 8 nitrogen and oxygen atoms in total.